The highest BCUT2D eigenvalue weighted by atomic mass is 35.5. The van der Waals surface area contributed by atoms with Crippen LogP contribution in [0.15, 0.2) is 66.2 Å². The lowest BCUT2D eigenvalue weighted by Crippen LogP contribution is -2.51. The Labute approximate surface area is 289 Å². The lowest BCUT2D eigenvalue weighted by molar-refractivity contribution is -0.159. The van der Waals surface area contributed by atoms with Gasteiger partial charge in [0.15, 0.2) is 5.78 Å². The Morgan fingerprint density at radius 2 is 1.67 bits per heavy atom. The maximum absolute atomic E-state index is 12.6. The first-order chi connectivity index (χ1) is 22.4. The summed E-state index contributed by atoms with van der Waals surface area (Å²) in [5.41, 5.74) is 2.15. The molecule has 9 heteroatoms. The molecule has 0 heterocycles. The van der Waals surface area contributed by atoms with E-state index >= 15 is 0 Å². The van der Waals surface area contributed by atoms with Crippen molar-refractivity contribution < 1.29 is 32.2 Å². The van der Waals surface area contributed by atoms with E-state index in [-0.39, 0.29) is 41.4 Å². The van der Waals surface area contributed by atoms with Gasteiger partial charge in [-0.25, -0.2) is 0 Å². The van der Waals surface area contributed by atoms with Gasteiger partial charge in [0.05, 0.1) is 5.56 Å². The average molecular weight is 690 g/mol. The molecule has 264 valence electrons. The molecule has 5 nitrogen and oxygen atoms in total. The van der Waals surface area contributed by atoms with Gasteiger partial charge in [-0.3, -0.25) is 9.59 Å². The molecule has 2 aromatic carbocycles. The third-order valence-corrected chi connectivity index (χ3v) is 11.7. The van der Waals surface area contributed by atoms with Crippen molar-refractivity contribution in [2.45, 2.75) is 103 Å². The van der Waals surface area contributed by atoms with Crippen LogP contribution in [-0.2, 0) is 20.5 Å². The number of carbonyl (C=O) groups is 2. The van der Waals surface area contributed by atoms with Gasteiger partial charge < -0.3 is 14.8 Å². The first-order valence-corrected chi connectivity index (χ1v) is 17.4. The standard InChI is InChI=1S/C22H32O3.C17H18F3NO.ClH/c1-4-20(24)25-19-8-7-17-16-6-5-14-13-15(23)9-11-21(14,2)18(16)10-12-22(17,19)3;1-21-12-11-16(13-5-3-2-4-6-13)22-15-9-7-14(8-10-15)17(18,19)20;/h13,16-19H,4-12H2,1-3H3;2-10,16,21H,11-12H2,1H3;1H. The smallest absolute Gasteiger partial charge is 0.416 e. The monoisotopic (exact) mass is 689 g/mol. The Kier molecular flexibility index (Phi) is 12.5. The summed E-state index contributed by atoms with van der Waals surface area (Å²) in [5, 5.41) is 3.05. The average Bonchev–Trinajstić information content (AvgIpc) is 3.39. The van der Waals surface area contributed by atoms with Crippen molar-refractivity contribution in [3.63, 3.8) is 0 Å². The molecular formula is C39H51ClF3NO4. The van der Waals surface area contributed by atoms with Gasteiger partial charge >= 0.3 is 12.1 Å². The van der Waals surface area contributed by atoms with Gasteiger partial charge in [-0.1, -0.05) is 56.7 Å². The number of benzene rings is 2. The van der Waals surface area contributed by atoms with E-state index in [1.165, 1.54) is 37.0 Å². The zero-order chi connectivity index (χ0) is 33.8. The Balaban J connectivity index is 0.000000214. The number of rotatable bonds is 8. The van der Waals surface area contributed by atoms with Crippen molar-refractivity contribution in [3.8, 4) is 5.75 Å². The maximum Gasteiger partial charge on any atom is 0.416 e. The van der Waals surface area contributed by atoms with Gasteiger partial charge in [0.25, 0.3) is 0 Å². The highest BCUT2D eigenvalue weighted by Crippen LogP contribution is 2.65. The van der Waals surface area contributed by atoms with E-state index in [0.29, 0.717) is 29.8 Å². The van der Waals surface area contributed by atoms with Crippen molar-refractivity contribution in [2.75, 3.05) is 13.6 Å². The molecule has 4 aliphatic rings. The molecule has 0 saturated heterocycles. The van der Waals surface area contributed by atoms with Crippen LogP contribution in [0, 0.1) is 28.6 Å². The SMILES string of the molecule is CCC(=O)OC1CCC2C3CCC4=CC(=O)CCC4(C)C3CCC12C.CNCCC(Oc1ccc(C(F)(F)F)cc1)c1ccccc1.Cl. The van der Waals surface area contributed by atoms with Crippen LogP contribution in [0.4, 0.5) is 13.2 Å². The Morgan fingerprint density at radius 1 is 0.958 bits per heavy atom. The molecule has 1 N–H and O–H groups in total. The van der Waals surface area contributed by atoms with Crippen molar-refractivity contribution in [1.82, 2.24) is 5.32 Å². The number of hydrogen-bond acceptors (Lipinski definition) is 5. The number of allylic oxidation sites excluding steroid dienone is 1. The predicted molar refractivity (Wildman–Crippen MR) is 184 cm³/mol. The van der Waals surface area contributed by atoms with E-state index in [4.69, 9.17) is 9.47 Å². The summed E-state index contributed by atoms with van der Waals surface area (Å²) < 4.78 is 49.4. The molecule has 3 saturated carbocycles. The maximum atomic E-state index is 12.6. The van der Waals surface area contributed by atoms with Crippen LogP contribution in [0.3, 0.4) is 0 Å². The molecule has 0 aromatic heterocycles. The number of hydrogen-bond donors (Lipinski definition) is 1. The molecule has 7 atom stereocenters. The van der Waals surface area contributed by atoms with Crippen LogP contribution >= 0.6 is 12.4 Å². The summed E-state index contributed by atoms with van der Waals surface area (Å²) in [4.78, 5) is 23.8. The van der Waals surface area contributed by atoms with Crippen LogP contribution in [-0.4, -0.2) is 31.4 Å². The molecule has 0 amide bonds. The molecular weight excluding hydrogens is 639 g/mol. The van der Waals surface area contributed by atoms with Crippen LogP contribution in [0.5, 0.6) is 5.75 Å². The summed E-state index contributed by atoms with van der Waals surface area (Å²) >= 11 is 0. The highest BCUT2D eigenvalue weighted by molar-refractivity contribution is 5.91. The van der Waals surface area contributed by atoms with Gasteiger partial charge in [0.1, 0.15) is 18.0 Å². The fraction of sp³-hybridized carbons (Fsp3) is 0.590. The number of halogens is 4. The van der Waals surface area contributed by atoms with Crippen molar-refractivity contribution in [1.29, 1.82) is 0 Å². The number of ketones is 1. The summed E-state index contributed by atoms with van der Waals surface area (Å²) in [6.45, 7) is 7.44. The minimum Gasteiger partial charge on any atom is -0.486 e. The van der Waals surface area contributed by atoms with Crippen LogP contribution in [0.1, 0.15) is 102 Å². The zero-order valence-electron chi connectivity index (χ0n) is 28.6. The van der Waals surface area contributed by atoms with E-state index in [2.05, 4.69) is 19.2 Å². The minimum atomic E-state index is -4.33. The van der Waals surface area contributed by atoms with Gasteiger partial charge in [0, 0.05) is 24.7 Å². The normalized spacial score (nSPS) is 29.8. The van der Waals surface area contributed by atoms with Gasteiger partial charge in [-0.15, -0.1) is 12.4 Å². The Morgan fingerprint density at radius 3 is 2.31 bits per heavy atom. The van der Waals surface area contributed by atoms with E-state index in [0.717, 1.165) is 68.7 Å². The molecule has 7 unspecified atom stereocenters. The highest BCUT2D eigenvalue weighted by Gasteiger charge is 2.59. The topological polar surface area (TPSA) is 64.6 Å². The molecule has 48 heavy (non-hydrogen) atoms. The Bertz CT molecular complexity index is 1410. The third-order valence-electron chi connectivity index (χ3n) is 11.7. The molecule has 2 aromatic rings. The van der Waals surface area contributed by atoms with Gasteiger partial charge in [-0.05, 0) is 118 Å². The molecule has 0 bridgehead atoms. The van der Waals surface area contributed by atoms with Crippen molar-refractivity contribution in [2.24, 2.45) is 28.6 Å². The number of carbonyl (C=O) groups excluding carboxylic acids is 2. The molecule has 3 fully saturated rings. The summed E-state index contributed by atoms with van der Waals surface area (Å²) in [7, 11) is 1.85. The zero-order valence-corrected chi connectivity index (χ0v) is 29.4. The Hall–Kier alpha value is -2.84. The lowest BCUT2D eigenvalue weighted by Gasteiger charge is -2.57. The first-order valence-electron chi connectivity index (χ1n) is 17.4. The number of esters is 1. The second kappa shape index (κ2) is 15.8. The molecule has 0 radical (unpaired) electrons. The van der Waals surface area contributed by atoms with E-state index in [1.807, 2.05) is 50.4 Å². The molecule has 4 aliphatic carbocycles. The minimum absolute atomic E-state index is 0. The molecule has 0 aliphatic heterocycles. The van der Waals surface area contributed by atoms with Crippen LogP contribution < -0.4 is 10.1 Å². The number of ether oxygens (including phenoxy) is 2. The summed E-state index contributed by atoms with van der Waals surface area (Å²) in [6, 6.07) is 14.4. The number of fused-ring (bicyclic) bond motifs is 5. The summed E-state index contributed by atoms with van der Waals surface area (Å²) in [5.74, 6) is 2.84. The fourth-order valence-electron chi connectivity index (χ4n) is 9.07. The van der Waals surface area contributed by atoms with E-state index < -0.39 is 11.7 Å². The van der Waals surface area contributed by atoms with Crippen LogP contribution in [0.2, 0.25) is 0 Å². The van der Waals surface area contributed by atoms with Crippen molar-refractivity contribution in [3.05, 3.63) is 77.4 Å². The second-order valence-corrected chi connectivity index (χ2v) is 14.4. The predicted octanol–water partition coefficient (Wildman–Crippen LogP) is 9.70. The molecule has 6 rings (SSSR count). The van der Waals surface area contributed by atoms with Crippen molar-refractivity contribution >= 4 is 24.2 Å². The van der Waals surface area contributed by atoms with E-state index in [9.17, 15) is 22.8 Å². The fourth-order valence-corrected chi connectivity index (χ4v) is 9.07. The first kappa shape index (κ1) is 38.0. The second-order valence-electron chi connectivity index (χ2n) is 14.4. The van der Waals surface area contributed by atoms with Gasteiger partial charge in [-0.2, -0.15) is 13.2 Å². The van der Waals surface area contributed by atoms with Gasteiger partial charge in [0.2, 0.25) is 0 Å². The summed E-state index contributed by atoms with van der Waals surface area (Å²) in [6.07, 6.45) is 7.46. The molecule has 0 spiro atoms. The number of nitrogens with one attached hydrogen (secondary N) is 1. The van der Waals surface area contributed by atoms with E-state index in [1.54, 1.807) is 0 Å². The third kappa shape index (κ3) is 8.13. The number of alkyl halides is 3. The quantitative estimate of drug-likeness (QED) is 0.280. The van der Waals surface area contributed by atoms with Crippen LogP contribution in [0.25, 0.3) is 0 Å². The largest absolute Gasteiger partial charge is 0.486 e. The lowest BCUT2D eigenvalue weighted by atomic mass is 9.47.